The lowest BCUT2D eigenvalue weighted by Crippen LogP contribution is -2.27. The number of nitrogens with zero attached hydrogens (tertiary/aromatic N) is 4. The lowest BCUT2D eigenvalue weighted by atomic mass is 9.98. The summed E-state index contributed by atoms with van der Waals surface area (Å²) in [6, 6.07) is 7.27. The molecule has 0 atom stereocenters. The first-order valence-electron chi connectivity index (χ1n) is 5.75. The number of para-hydroxylation sites is 1. The summed E-state index contributed by atoms with van der Waals surface area (Å²) < 4.78 is 1.31. The minimum absolute atomic E-state index is 0.0497. The summed E-state index contributed by atoms with van der Waals surface area (Å²) in [6.07, 6.45) is 0. The molecule has 1 aromatic heterocycles. The van der Waals surface area contributed by atoms with Gasteiger partial charge in [0, 0.05) is 0 Å². The average molecular weight is 261 g/mol. The molecule has 2 rings (SSSR count). The number of oxime groups is 1. The Morgan fingerprint density at radius 2 is 2.05 bits per heavy atom. The van der Waals surface area contributed by atoms with E-state index in [0.29, 0.717) is 11.0 Å². The van der Waals surface area contributed by atoms with Crippen molar-refractivity contribution in [3.05, 3.63) is 24.3 Å². The molecule has 2 aromatic rings. The van der Waals surface area contributed by atoms with Gasteiger partial charge in [0.05, 0.1) is 10.9 Å². The van der Waals surface area contributed by atoms with Crippen molar-refractivity contribution in [3.63, 3.8) is 0 Å². The van der Waals surface area contributed by atoms with Crippen LogP contribution in [0.2, 0.25) is 0 Å². The molecule has 100 valence electrons. The molecule has 0 aliphatic heterocycles. The van der Waals surface area contributed by atoms with Gasteiger partial charge in [-0.15, -0.1) is 5.10 Å². The zero-order valence-electron chi connectivity index (χ0n) is 11.0. The summed E-state index contributed by atoms with van der Waals surface area (Å²) in [5, 5.41) is 11.4. The van der Waals surface area contributed by atoms with Crippen molar-refractivity contribution in [1.82, 2.24) is 15.0 Å². The zero-order chi connectivity index (χ0) is 14.0. The molecule has 0 bridgehead atoms. The maximum atomic E-state index is 11.6. The lowest BCUT2D eigenvalue weighted by Gasteiger charge is -2.12. The molecule has 2 N–H and O–H groups in total. The molecule has 0 radical (unpaired) electrons. The molecular weight excluding hydrogens is 246 g/mol. The van der Waals surface area contributed by atoms with Crippen LogP contribution in [0.5, 0.6) is 0 Å². The van der Waals surface area contributed by atoms with Gasteiger partial charge in [-0.05, 0) is 38.1 Å². The van der Waals surface area contributed by atoms with Gasteiger partial charge in [0.15, 0.2) is 0 Å². The van der Waals surface area contributed by atoms with E-state index in [1.54, 1.807) is 32.9 Å². The molecule has 1 heterocycles. The molecule has 1 aromatic carbocycles. The highest BCUT2D eigenvalue weighted by Gasteiger charge is 2.23. The smallest absolute Gasteiger partial charge is 0.340 e. The summed E-state index contributed by atoms with van der Waals surface area (Å²) in [7, 11) is 0. The number of hydrogen-bond donors (Lipinski definition) is 1. The maximum absolute atomic E-state index is 11.6. The number of carbonyl (C=O) groups is 1. The third kappa shape index (κ3) is 2.70. The van der Waals surface area contributed by atoms with Crippen LogP contribution in [0.4, 0.5) is 0 Å². The van der Waals surface area contributed by atoms with E-state index in [9.17, 15) is 4.79 Å². The van der Waals surface area contributed by atoms with Crippen molar-refractivity contribution in [1.29, 1.82) is 0 Å². The number of nitrogens with two attached hydrogens (primary N) is 1. The topological polar surface area (TPSA) is 95.4 Å². The predicted molar refractivity (Wildman–Crippen MR) is 70.1 cm³/mol. The van der Waals surface area contributed by atoms with Crippen molar-refractivity contribution in [2.75, 3.05) is 0 Å². The quantitative estimate of drug-likeness (QED) is 0.359. The number of benzene rings is 1. The van der Waals surface area contributed by atoms with Crippen LogP contribution in [-0.4, -0.2) is 26.9 Å². The fourth-order valence-corrected chi connectivity index (χ4v) is 1.30. The summed E-state index contributed by atoms with van der Waals surface area (Å²) in [4.78, 5) is 16.3. The van der Waals surface area contributed by atoms with E-state index in [1.165, 1.54) is 4.68 Å². The van der Waals surface area contributed by atoms with Crippen LogP contribution >= 0.6 is 0 Å². The fraction of sp³-hybridized carbons (Fsp3) is 0.333. The Morgan fingerprint density at radius 3 is 2.74 bits per heavy atom. The highest BCUT2D eigenvalue weighted by Crippen LogP contribution is 2.15. The summed E-state index contributed by atoms with van der Waals surface area (Å²) >= 11 is 0. The van der Waals surface area contributed by atoms with Crippen LogP contribution in [-0.2, 0) is 9.63 Å². The SMILES string of the molecule is CC(C)(C)C(=O)O/N=C(\N)n1nnc2ccccc21. The second kappa shape index (κ2) is 4.68. The highest BCUT2D eigenvalue weighted by molar-refractivity contribution is 5.89. The maximum Gasteiger partial charge on any atom is 0.340 e. The first-order chi connectivity index (χ1) is 8.89. The van der Waals surface area contributed by atoms with Gasteiger partial charge >= 0.3 is 5.97 Å². The third-order valence-electron chi connectivity index (χ3n) is 2.40. The van der Waals surface area contributed by atoms with E-state index in [0.717, 1.165) is 0 Å². The predicted octanol–water partition coefficient (Wildman–Crippen LogP) is 1.10. The molecule has 0 amide bonds. The monoisotopic (exact) mass is 261 g/mol. The van der Waals surface area contributed by atoms with Crippen LogP contribution < -0.4 is 5.73 Å². The van der Waals surface area contributed by atoms with Crippen LogP contribution in [0, 0.1) is 5.41 Å². The number of hydrogen-bond acceptors (Lipinski definition) is 5. The standard InChI is InChI=1S/C12H15N5O2/c1-12(2,3)10(18)19-15-11(13)17-9-7-5-4-6-8(9)14-16-17/h4-7H,1-3H3,(H2,13,15). The minimum Gasteiger partial charge on any atom is -0.365 e. The Kier molecular flexibility index (Phi) is 3.20. The Morgan fingerprint density at radius 1 is 1.37 bits per heavy atom. The Balaban J connectivity index is 2.25. The molecular formula is C12H15N5O2. The summed E-state index contributed by atoms with van der Waals surface area (Å²) in [5.41, 5.74) is 6.46. The normalized spacial score (nSPS) is 12.7. The number of carbonyl (C=O) groups excluding carboxylic acids is 1. The lowest BCUT2D eigenvalue weighted by molar-refractivity contribution is -0.153. The molecule has 0 fully saturated rings. The fourth-order valence-electron chi connectivity index (χ4n) is 1.30. The minimum atomic E-state index is -0.645. The molecule has 0 unspecified atom stereocenters. The van der Waals surface area contributed by atoms with Gasteiger partial charge in [0.25, 0.3) is 5.96 Å². The molecule has 7 heteroatoms. The highest BCUT2D eigenvalue weighted by atomic mass is 16.7. The first-order valence-corrected chi connectivity index (χ1v) is 5.75. The van der Waals surface area contributed by atoms with Crippen LogP contribution in [0.1, 0.15) is 20.8 Å². The Bertz CT molecular complexity index is 639. The zero-order valence-corrected chi connectivity index (χ0v) is 11.0. The molecule has 0 aliphatic carbocycles. The van der Waals surface area contributed by atoms with Gasteiger partial charge in [0.2, 0.25) is 0 Å². The van der Waals surface area contributed by atoms with Crippen LogP contribution in [0.25, 0.3) is 11.0 Å². The van der Waals surface area contributed by atoms with E-state index >= 15 is 0 Å². The molecule has 0 aliphatic rings. The van der Waals surface area contributed by atoms with Crippen LogP contribution in [0.3, 0.4) is 0 Å². The van der Waals surface area contributed by atoms with E-state index in [2.05, 4.69) is 15.5 Å². The average Bonchev–Trinajstić information content (AvgIpc) is 2.78. The van der Waals surface area contributed by atoms with E-state index < -0.39 is 11.4 Å². The second-order valence-corrected chi connectivity index (χ2v) is 5.07. The van der Waals surface area contributed by atoms with E-state index in [-0.39, 0.29) is 5.96 Å². The second-order valence-electron chi connectivity index (χ2n) is 5.07. The third-order valence-corrected chi connectivity index (χ3v) is 2.40. The molecule has 0 saturated heterocycles. The van der Waals surface area contributed by atoms with E-state index in [4.69, 9.17) is 10.6 Å². The largest absolute Gasteiger partial charge is 0.365 e. The van der Waals surface area contributed by atoms with Crippen molar-refractivity contribution >= 4 is 23.0 Å². The number of rotatable bonds is 1. The Hall–Kier alpha value is -2.44. The van der Waals surface area contributed by atoms with Gasteiger partial charge in [-0.1, -0.05) is 17.3 Å². The molecule has 0 saturated carbocycles. The summed E-state index contributed by atoms with van der Waals surface area (Å²) in [5.74, 6) is -0.522. The van der Waals surface area contributed by atoms with Crippen molar-refractivity contribution in [2.45, 2.75) is 20.8 Å². The number of aromatic nitrogens is 3. The summed E-state index contributed by atoms with van der Waals surface area (Å²) in [6.45, 7) is 5.18. The molecule has 7 nitrogen and oxygen atoms in total. The van der Waals surface area contributed by atoms with Crippen molar-refractivity contribution in [2.24, 2.45) is 16.3 Å². The molecule has 0 spiro atoms. The van der Waals surface area contributed by atoms with Gasteiger partial charge in [-0.2, -0.15) is 4.68 Å². The first kappa shape index (κ1) is 13.0. The van der Waals surface area contributed by atoms with Gasteiger partial charge in [0.1, 0.15) is 5.52 Å². The van der Waals surface area contributed by atoms with Gasteiger partial charge < -0.3 is 10.6 Å². The van der Waals surface area contributed by atoms with Gasteiger partial charge in [-0.25, -0.2) is 4.79 Å². The Labute approximate surface area is 110 Å². The van der Waals surface area contributed by atoms with Crippen LogP contribution in [0.15, 0.2) is 29.4 Å². The molecule has 19 heavy (non-hydrogen) atoms. The van der Waals surface area contributed by atoms with Gasteiger partial charge in [-0.3, -0.25) is 0 Å². The van der Waals surface area contributed by atoms with E-state index in [1.807, 2.05) is 12.1 Å². The van der Waals surface area contributed by atoms with Crippen molar-refractivity contribution in [3.8, 4) is 0 Å². The number of fused-ring (bicyclic) bond motifs is 1. The van der Waals surface area contributed by atoms with Crippen molar-refractivity contribution < 1.29 is 9.63 Å².